The Morgan fingerprint density at radius 1 is 1.50 bits per heavy atom. The maximum absolute atomic E-state index is 4.13. The van der Waals surface area contributed by atoms with Crippen LogP contribution in [-0.4, -0.2) is 34.8 Å². The number of nitrogens with zero attached hydrogens (tertiary/aromatic N) is 3. The number of aromatic nitrogens is 2. The summed E-state index contributed by atoms with van der Waals surface area (Å²) in [6.07, 6.45) is 0. The zero-order valence-corrected chi connectivity index (χ0v) is 10.8. The summed E-state index contributed by atoms with van der Waals surface area (Å²) in [7, 11) is 2.08. The first kappa shape index (κ1) is 11.8. The van der Waals surface area contributed by atoms with E-state index in [4.69, 9.17) is 0 Å². The van der Waals surface area contributed by atoms with Crippen LogP contribution in [0.2, 0.25) is 0 Å². The van der Waals surface area contributed by atoms with Crippen LogP contribution in [0.3, 0.4) is 0 Å². The predicted octanol–water partition coefficient (Wildman–Crippen LogP) is 2.42. The molecule has 0 saturated carbocycles. The molecule has 14 heavy (non-hydrogen) atoms. The zero-order chi connectivity index (χ0) is 10.6. The van der Waals surface area contributed by atoms with E-state index >= 15 is 0 Å². The average Bonchev–Trinajstić information content (AvgIpc) is 2.60. The molecule has 1 aromatic heterocycles. The SMILES string of the molecule is CCSC[C@@H](C)N(C)c1nnc(C)s1. The van der Waals surface area contributed by atoms with Gasteiger partial charge in [0.25, 0.3) is 0 Å². The number of rotatable bonds is 5. The maximum Gasteiger partial charge on any atom is 0.208 e. The van der Waals surface area contributed by atoms with Crippen molar-refractivity contribution in [2.75, 3.05) is 23.5 Å². The molecule has 0 bridgehead atoms. The summed E-state index contributed by atoms with van der Waals surface area (Å²) in [6.45, 7) is 6.40. The molecule has 0 radical (unpaired) electrons. The van der Waals surface area contributed by atoms with Gasteiger partial charge in [-0.15, -0.1) is 10.2 Å². The van der Waals surface area contributed by atoms with E-state index in [1.165, 1.54) is 5.75 Å². The lowest BCUT2D eigenvalue weighted by Crippen LogP contribution is -2.30. The quantitative estimate of drug-likeness (QED) is 0.778. The van der Waals surface area contributed by atoms with Gasteiger partial charge in [-0.3, -0.25) is 0 Å². The molecule has 3 nitrogen and oxygen atoms in total. The van der Waals surface area contributed by atoms with Crippen molar-refractivity contribution in [3.05, 3.63) is 5.01 Å². The Balaban J connectivity index is 2.51. The van der Waals surface area contributed by atoms with Crippen LogP contribution < -0.4 is 4.90 Å². The second-order valence-corrected chi connectivity index (χ2v) is 5.70. The molecule has 0 aliphatic rings. The van der Waals surface area contributed by atoms with E-state index in [0.29, 0.717) is 6.04 Å². The van der Waals surface area contributed by atoms with Crippen molar-refractivity contribution in [3.63, 3.8) is 0 Å². The Hall–Kier alpha value is -0.290. The molecule has 0 aliphatic carbocycles. The summed E-state index contributed by atoms with van der Waals surface area (Å²) in [5.74, 6) is 2.32. The van der Waals surface area contributed by atoms with Crippen LogP contribution in [-0.2, 0) is 0 Å². The van der Waals surface area contributed by atoms with E-state index < -0.39 is 0 Å². The second-order valence-electron chi connectivity index (χ2n) is 3.22. The van der Waals surface area contributed by atoms with E-state index in [9.17, 15) is 0 Å². The molecule has 5 heteroatoms. The van der Waals surface area contributed by atoms with Gasteiger partial charge in [-0.1, -0.05) is 18.3 Å². The Morgan fingerprint density at radius 2 is 2.21 bits per heavy atom. The first-order valence-corrected chi connectivity index (χ1v) is 6.73. The van der Waals surface area contributed by atoms with Crippen molar-refractivity contribution in [3.8, 4) is 0 Å². The van der Waals surface area contributed by atoms with Crippen molar-refractivity contribution in [1.29, 1.82) is 0 Å². The molecular weight excluding hydrogens is 214 g/mol. The van der Waals surface area contributed by atoms with Gasteiger partial charge in [-0.25, -0.2) is 0 Å². The summed E-state index contributed by atoms with van der Waals surface area (Å²) < 4.78 is 0. The highest BCUT2D eigenvalue weighted by molar-refractivity contribution is 7.99. The van der Waals surface area contributed by atoms with E-state index in [2.05, 4.69) is 36.0 Å². The van der Waals surface area contributed by atoms with Crippen molar-refractivity contribution in [1.82, 2.24) is 10.2 Å². The first-order valence-electron chi connectivity index (χ1n) is 4.75. The maximum atomic E-state index is 4.13. The Kier molecular flexibility index (Phi) is 4.68. The number of thioether (sulfide) groups is 1. The molecule has 0 aliphatic heterocycles. The molecular formula is C9H17N3S2. The molecule has 0 spiro atoms. The predicted molar refractivity (Wildman–Crippen MR) is 65.5 cm³/mol. The largest absolute Gasteiger partial charge is 0.346 e. The molecule has 0 aromatic carbocycles. The molecule has 0 saturated heterocycles. The Bertz CT molecular complexity index is 275. The fourth-order valence-electron chi connectivity index (χ4n) is 1.02. The van der Waals surface area contributed by atoms with E-state index in [0.717, 1.165) is 15.9 Å². The third kappa shape index (κ3) is 3.13. The standard InChI is InChI=1S/C9H17N3S2/c1-5-13-6-7(2)12(4)9-11-10-8(3)14-9/h7H,5-6H2,1-4H3/t7-/m1/s1. The highest BCUT2D eigenvalue weighted by atomic mass is 32.2. The number of aryl methyl sites for hydroxylation is 1. The van der Waals surface area contributed by atoms with Crippen molar-refractivity contribution >= 4 is 28.2 Å². The molecule has 0 N–H and O–H groups in total. The van der Waals surface area contributed by atoms with Gasteiger partial charge in [0.1, 0.15) is 5.01 Å². The van der Waals surface area contributed by atoms with Gasteiger partial charge in [0.15, 0.2) is 0 Å². The Labute approximate surface area is 93.9 Å². The van der Waals surface area contributed by atoms with Crippen LogP contribution in [0.1, 0.15) is 18.9 Å². The fourth-order valence-corrected chi connectivity index (χ4v) is 2.57. The zero-order valence-electron chi connectivity index (χ0n) is 9.15. The van der Waals surface area contributed by atoms with Gasteiger partial charge >= 0.3 is 0 Å². The van der Waals surface area contributed by atoms with Gasteiger partial charge < -0.3 is 4.90 Å². The minimum Gasteiger partial charge on any atom is -0.346 e. The lowest BCUT2D eigenvalue weighted by molar-refractivity contribution is 0.755. The number of hydrogen-bond acceptors (Lipinski definition) is 5. The van der Waals surface area contributed by atoms with E-state index in [1.54, 1.807) is 11.3 Å². The molecule has 80 valence electrons. The average molecular weight is 231 g/mol. The monoisotopic (exact) mass is 231 g/mol. The van der Waals surface area contributed by atoms with E-state index in [-0.39, 0.29) is 0 Å². The second kappa shape index (κ2) is 5.56. The van der Waals surface area contributed by atoms with Gasteiger partial charge in [0.05, 0.1) is 0 Å². The van der Waals surface area contributed by atoms with E-state index in [1.807, 2.05) is 18.7 Å². The summed E-state index contributed by atoms with van der Waals surface area (Å²) in [4.78, 5) is 2.20. The fraction of sp³-hybridized carbons (Fsp3) is 0.778. The molecule has 1 aromatic rings. The summed E-state index contributed by atoms with van der Waals surface area (Å²) in [5, 5.41) is 10.2. The van der Waals surface area contributed by atoms with Crippen molar-refractivity contribution in [2.45, 2.75) is 26.8 Å². The molecule has 0 amide bonds. The highest BCUT2D eigenvalue weighted by Gasteiger charge is 2.13. The first-order chi connectivity index (χ1) is 6.65. The van der Waals surface area contributed by atoms with Crippen LogP contribution in [0.5, 0.6) is 0 Å². The molecule has 0 unspecified atom stereocenters. The van der Waals surface area contributed by atoms with Crippen LogP contribution in [0.25, 0.3) is 0 Å². The number of anilines is 1. The van der Waals surface area contributed by atoms with Crippen LogP contribution in [0, 0.1) is 6.92 Å². The molecule has 1 rings (SSSR count). The topological polar surface area (TPSA) is 29.0 Å². The van der Waals surface area contributed by atoms with Gasteiger partial charge in [0, 0.05) is 18.8 Å². The summed E-state index contributed by atoms with van der Waals surface area (Å²) in [5.41, 5.74) is 0. The van der Waals surface area contributed by atoms with Crippen molar-refractivity contribution in [2.24, 2.45) is 0 Å². The minimum atomic E-state index is 0.521. The third-order valence-corrected chi connectivity index (χ3v) is 4.10. The van der Waals surface area contributed by atoms with Gasteiger partial charge in [-0.2, -0.15) is 11.8 Å². The summed E-state index contributed by atoms with van der Waals surface area (Å²) in [6, 6.07) is 0.521. The smallest absolute Gasteiger partial charge is 0.208 e. The van der Waals surface area contributed by atoms with Crippen LogP contribution >= 0.6 is 23.1 Å². The minimum absolute atomic E-state index is 0.521. The lowest BCUT2D eigenvalue weighted by Gasteiger charge is -2.23. The highest BCUT2D eigenvalue weighted by Crippen LogP contribution is 2.21. The molecule has 0 fully saturated rings. The van der Waals surface area contributed by atoms with Gasteiger partial charge in [0.2, 0.25) is 5.13 Å². The van der Waals surface area contributed by atoms with Crippen molar-refractivity contribution < 1.29 is 0 Å². The number of hydrogen-bond donors (Lipinski definition) is 0. The van der Waals surface area contributed by atoms with Crippen LogP contribution in [0.4, 0.5) is 5.13 Å². The van der Waals surface area contributed by atoms with Gasteiger partial charge in [-0.05, 0) is 19.6 Å². The summed E-state index contributed by atoms with van der Waals surface area (Å²) >= 11 is 3.61. The Morgan fingerprint density at radius 3 is 2.71 bits per heavy atom. The third-order valence-electron chi connectivity index (χ3n) is 2.04. The lowest BCUT2D eigenvalue weighted by atomic mass is 10.4. The van der Waals surface area contributed by atoms with Crippen LogP contribution in [0.15, 0.2) is 0 Å². The molecule has 1 atom stereocenters. The molecule has 1 heterocycles. The normalized spacial score (nSPS) is 12.9.